The van der Waals surface area contributed by atoms with Crippen LogP contribution in [0.25, 0.3) is 33.4 Å². The van der Waals surface area contributed by atoms with Crippen molar-refractivity contribution < 1.29 is 0 Å². The zero-order chi connectivity index (χ0) is 17.4. The fourth-order valence-electron chi connectivity index (χ4n) is 2.80. The topological polar surface area (TPSA) is 104 Å². The second-order valence-electron chi connectivity index (χ2n) is 5.75. The average Bonchev–Trinajstić information content (AvgIpc) is 3.07. The summed E-state index contributed by atoms with van der Waals surface area (Å²) in [6, 6.07) is 13.7. The molecule has 0 radical (unpaired) electrons. The SMILES string of the molecule is Cc1cc(-c2nc(N)c(C#N)nc2-c2ccc3ncccc3c2)c[nH]1. The molecule has 3 N–H and O–H groups in total. The zero-order valence-corrected chi connectivity index (χ0v) is 13.5. The quantitative estimate of drug-likeness (QED) is 0.587. The van der Waals surface area contributed by atoms with Crippen molar-refractivity contribution in [1.29, 1.82) is 5.26 Å². The number of nitrogens with one attached hydrogen (secondary N) is 1. The standard InChI is InChI=1S/C19H14N6/c1-11-7-14(10-23-11)18-17(24-16(9-20)19(21)25-18)13-4-5-15-12(8-13)3-2-6-22-15/h2-8,10,23H,1H3,(H2,21,25). The number of H-pyrrole nitrogens is 1. The van der Waals surface area contributed by atoms with Crippen LogP contribution < -0.4 is 5.73 Å². The minimum atomic E-state index is 0.122. The number of pyridine rings is 1. The van der Waals surface area contributed by atoms with Crippen molar-refractivity contribution in [3.63, 3.8) is 0 Å². The van der Waals surface area contributed by atoms with E-state index in [-0.39, 0.29) is 11.5 Å². The molecule has 4 aromatic rings. The molecule has 120 valence electrons. The first kappa shape index (κ1) is 14.8. The fraction of sp³-hybridized carbons (Fsp3) is 0.0526. The maximum atomic E-state index is 9.28. The number of nitrogens with two attached hydrogens (primary N) is 1. The molecule has 4 rings (SSSR count). The van der Waals surface area contributed by atoms with Crippen LogP contribution in [-0.2, 0) is 0 Å². The molecule has 0 atom stereocenters. The maximum Gasteiger partial charge on any atom is 0.183 e. The molecule has 0 unspecified atom stereocenters. The minimum Gasteiger partial charge on any atom is -0.381 e. The van der Waals surface area contributed by atoms with Gasteiger partial charge in [-0.05, 0) is 31.2 Å². The van der Waals surface area contributed by atoms with Crippen LogP contribution in [0.1, 0.15) is 11.4 Å². The van der Waals surface area contributed by atoms with E-state index in [1.807, 2.05) is 55.6 Å². The highest BCUT2D eigenvalue weighted by atomic mass is 14.9. The van der Waals surface area contributed by atoms with E-state index in [4.69, 9.17) is 5.73 Å². The van der Waals surface area contributed by atoms with E-state index in [9.17, 15) is 5.26 Å². The number of benzene rings is 1. The lowest BCUT2D eigenvalue weighted by atomic mass is 10.0. The summed E-state index contributed by atoms with van der Waals surface area (Å²) in [5.41, 5.74) is 10.9. The summed E-state index contributed by atoms with van der Waals surface area (Å²) in [5.74, 6) is 0.127. The fourth-order valence-corrected chi connectivity index (χ4v) is 2.80. The van der Waals surface area contributed by atoms with Crippen LogP contribution in [0.4, 0.5) is 5.82 Å². The molecule has 0 aliphatic rings. The molecule has 6 heteroatoms. The number of hydrogen-bond acceptors (Lipinski definition) is 5. The van der Waals surface area contributed by atoms with Gasteiger partial charge in [0.15, 0.2) is 11.5 Å². The molecule has 0 saturated heterocycles. The molecular weight excluding hydrogens is 312 g/mol. The van der Waals surface area contributed by atoms with E-state index >= 15 is 0 Å². The lowest BCUT2D eigenvalue weighted by molar-refractivity contribution is 1.18. The van der Waals surface area contributed by atoms with Gasteiger partial charge in [-0.3, -0.25) is 4.98 Å². The third kappa shape index (κ3) is 2.58. The summed E-state index contributed by atoms with van der Waals surface area (Å²) < 4.78 is 0. The normalized spacial score (nSPS) is 10.7. The van der Waals surface area contributed by atoms with E-state index in [0.717, 1.165) is 27.7 Å². The van der Waals surface area contributed by atoms with Gasteiger partial charge in [0.2, 0.25) is 0 Å². The van der Waals surface area contributed by atoms with E-state index < -0.39 is 0 Å². The molecule has 0 aliphatic carbocycles. The van der Waals surface area contributed by atoms with Gasteiger partial charge in [-0.25, -0.2) is 9.97 Å². The number of aromatic amines is 1. The Bertz CT molecular complexity index is 1140. The summed E-state index contributed by atoms with van der Waals surface area (Å²) in [7, 11) is 0. The van der Waals surface area contributed by atoms with Gasteiger partial charge in [0, 0.05) is 34.6 Å². The van der Waals surface area contributed by atoms with E-state index in [1.165, 1.54) is 0 Å². The highest BCUT2D eigenvalue weighted by molar-refractivity contribution is 5.87. The Morgan fingerprint density at radius 2 is 1.92 bits per heavy atom. The van der Waals surface area contributed by atoms with Crippen molar-refractivity contribution in [2.24, 2.45) is 0 Å². The van der Waals surface area contributed by atoms with Crippen molar-refractivity contribution >= 4 is 16.7 Å². The van der Waals surface area contributed by atoms with Crippen molar-refractivity contribution in [3.8, 4) is 28.6 Å². The summed E-state index contributed by atoms with van der Waals surface area (Å²) in [4.78, 5) is 16.4. The molecule has 0 bridgehead atoms. The van der Waals surface area contributed by atoms with Crippen molar-refractivity contribution in [2.75, 3.05) is 5.73 Å². The monoisotopic (exact) mass is 326 g/mol. The van der Waals surface area contributed by atoms with Crippen molar-refractivity contribution in [3.05, 3.63) is 60.2 Å². The summed E-state index contributed by atoms with van der Waals surface area (Å²) >= 11 is 0. The number of aromatic nitrogens is 4. The Balaban J connectivity index is 1.99. The highest BCUT2D eigenvalue weighted by Crippen LogP contribution is 2.32. The molecule has 0 saturated carbocycles. The van der Waals surface area contributed by atoms with Crippen LogP contribution in [0, 0.1) is 18.3 Å². The predicted octanol–water partition coefficient (Wildman–Crippen LogP) is 3.45. The maximum absolute atomic E-state index is 9.28. The lowest BCUT2D eigenvalue weighted by Gasteiger charge is -2.10. The molecule has 0 aliphatic heterocycles. The third-order valence-corrected chi connectivity index (χ3v) is 4.01. The summed E-state index contributed by atoms with van der Waals surface area (Å²) in [5, 5.41) is 10.3. The van der Waals surface area contributed by atoms with Gasteiger partial charge in [0.25, 0.3) is 0 Å². The van der Waals surface area contributed by atoms with Gasteiger partial charge in [0.1, 0.15) is 11.8 Å². The van der Waals surface area contributed by atoms with Crippen molar-refractivity contribution in [2.45, 2.75) is 6.92 Å². The molecule has 3 heterocycles. The van der Waals surface area contributed by atoms with Gasteiger partial charge in [-0.1, -0.05) is 12.1 Å². The van der Waals surface area contributed by atoms with E-state index in [0.29, 0.717) is 11.4 Å². The number of nitrogen functional groups attached to an aromatic ring is 1. The molecular formula is C19H14N6. The van der Waals surface area contributed by atoms with Crippen LogP contribution in [0.5, 0.6) is 0 Å². The zero-order valence-electron chi connectivity index (χ0n) is 13.5. The number of rotatable bonds is 2. The molecule has 0 amide bonds. The van der Waals surface area contributed by atoms with Gasteiger partial charge in [-0.2, -0.15) is 5.26 Å². The first-order valence-electron chi connectivity index (χ1n) is 7.74. The average molecular weight is 326 g/mol. The molecule has 1 aromatic carbocycles. The van der Waals surface area contributed by atoms with E-state index in [1.54, 1.807) is 6.20 Å². The molecule has 25 heavy (non-hydrogen) atoms. The van der Waals surface area contributed by atoms with Crippen LogP contribution in [0.3, 0.4) is 0 Å². The first-order valence-corrected chi connectivity index (χ1v) is 7.74. The van der Waals surface area contributed by atoms with Gasteiger partial charge < -0.3 is 10.7 Å². The Labute approximate surface area is 144 Å². The van der Waals surface area contributed by atoms with Crippen LogP contribution in [-0.4, -0.2) is 19.9 Å². The van der Waals surface area contributed by atoms with Gasteiger partial charge in [-0.15, -0.1) is 0 Å². The highest BCUT2D eigenvalue weighted by Gasteiger charge is 2.16. The molecule has 0 spiro atoms. The number of nitriles is 1. The largest absolute Gasteiger partial charge is 0.381 e. The van der Waals surface area contributed by atoms with Crippen LogP contribution in [0.2, 0.25) is 0 Å². The third-order valence-electron chi connectivity index (χ3n) is 4.01. The van der Waals surface area contributed by atoms with Crippen LogP contribution in [0.15, 0.2) is 48.8 Å². The van der Waals surface area contributed by atoms with Crippen molar-refractivity contribution in [1.82, 2.24) is 19.9 Å². The van der Waals surface area contributed by atoms with Gasteiger partial charge >= 0.3 is 0 Å². The first-order chi connectivity index (χ1) is 12.2. The Kier molecular flexibility index (Phi) is 3.40. The number of aryl methyl sites for hydroxylation is 1. The minimum absolute atomic E-state index is 0.122. The summed E-state index contributed by atoms with van der Waals surface area (Å²) in [6.07, 6.45) is 3.61. The number of hydrogen-bond donors (Lipinski definition) is 2. The molecule has 6 nitrogen and oxygen atoms in total. The van der Waals surface area contributed by atoms with E-state index in [2.05, 4.69) is 19.9 Å². The number of anilines is 1. The number of fused-ring (bicyclic) bond motifs is 1. The predicted molar refractivity (Wildman–Crippen MR) is 96.4 cm³/mol. The summed E-state index contributed by atoms with van der Waals surface area (Å²) in [6.45, 7) is 1.96. The second-order valence-corrected chi connectivity index (χ2v) is 5.75. The second kappa shape index (κ2) is 5.73. The molecule has 3 aromatic heterocycles. The lowest BCUT2D eigenvalue weighted by Crippen LogP contribution is -2.02. The number of nitrogens with zero attached hydrogens (tertiary/aromatic N) is 4. The van der Waals surface area contributed by atoms with Gasteiger partial charge in [0.05, 0.1) is 11.2 Å². The Morgan fingerprint density at radius 1 is 1.08 bits per heavy atom. The van der Waals surface area contributed by atoms with Crippen LogP contribution >= 0.6 is 0 Å². The smallest absolute Gasteiger partial charge is 0.183 e. The molecule has 0 fully saturated rings. The Morgan fingerprint density at radius 3 is 2.68 bits per heavy atom. The Hall–Kier alpha value is -3.72.